The normalized spacial score (nSPS) is 18.1. The maximum absolute atomic E-state index is 13.8. The standard InChI is InChI=1S/C13H15F2NO3S/c1-9(17)6-11-12(14)7-10(8-13(11)15)16-2-4-20(18,19)5-3-16/h7-8H,2-6H2,1H3. The summed E-state index contributed by atoms with van der Waals surface area (Å²) < 4.78 is 50.3. The molecule has 4 nitrogen and oxygen atoms in total. The Morgan fingerprint density at radius 2 is 1.70 bits per heavy atom. The predicted octanol–water partition coefficient (Wildman–Crippen LogP) is 1.33. The van der Waals surface area contributed by atoms with Crippen LogP contribution in [0.2, 0.25) is 0 Å². The number of sulfone groups is 1. The summed E-state index contributed by atoms with van der Waals surface area (Å²) in [7, 11) is -3.04. The summed E-state index contributed by atoms with van der Waals surface area (Å²) in [6.45, 7) is 1.70. The molecule has 0 bridgehead atoms. The molecule has 1 aromatic carbocycles. The zero-order valence-electron chi connectivity index (χ0n) is 11.0. The largest absolute Gasteiger partial charge is 0.369 e. The van der Waals surface area contributed by atoms with Crippen molar-refractivity contribution < 1.29 is 22.0 Å². The van der Waals surface area contributed by atoms with Crippen LogP contribution >= 0.6 is 0 Å². The van der Waals surface area contributed by atoms with Gasteiger partial charge in [-0.15, -0.1) is 0 Å². The molecule has 0 spiro atoms. The van der Waals surface area contributed by atoms with Crippen molar-refractivity contribution >= 4 is 21.3 Å². The third-order valence-electron chi connectivity index (χ3n) is 3.26. The van der Waals surface area contributed by atoms with E-state index >= 15 is 0 Å². The number of halogens is 2. The van der Waals surface area contributed by atoms with Gasteiger partial charge in [0.25, 0.3) is 0 Å². The average Bonchev–Trinajstić information content (AvgIpc) is 2.33. The molecular weight excluding hydrogens is 288 g/mol. The summed E-state index contributed by atoms with van der Waals surface area (Å²) >= 11 is 0. The van der Waals surface area contributed by atoms with Crippen LogP contribution in [-0.2, 0) is 21.1 Å². The number of Topliss-reactive ketones (excluding diaryl/α,β-unsaturated/α-hetero) is 1. The molecule has 0 N–H and O–H groups in total. The molecule has 0 aromatic heterocycles. The van der Waals surface area contributed by atoms with Crippen LogP contribution in [0.15, 0.2) is 12.1 Å². The molecule has 1 aliphatic heterocycles. The van der Waals surface area contributed by atoms with Crippen molar-refractivity contribution in [2.75, 3.05) is 29.5 Å². The highest BCUT2D eigenvalue weighted by atomic mass is 32.2. The number of benzene rings is 1. The molecule has 1 heterocycles. The van der Waals surface area contributed by atoms with E-state index in [0.29, 0.717) is 5.69 Å². The first-order chi connectivity index (χ1) is 9.28. The lowest BCUT2D eigenvalue weighted by molar-refractivity contribution is -0.116. The van der Waals surface area contributed by atoms with E-state index in [4.69, 9.17) is 0 Å². The average molecular weight is 303 g/mol. The van der Waals surface area contributed by atoms with Gasteiger partial charge in [-0.05, 0) is 19.1 Å². The van der Waals surface area contributed by atoms with Gasteiger partial charge in [-0.3, -0.25) is 4.79 Å². The van der Waals surface area contributed by atoms with Crippen LogP contribution < -0.4 is 4.90 Å². The van der Waals surface area contributed by atoms with E-state index in [2.05, 4.69) is 0 Å². The fourth-order valence-corrected chi connectivity index (χ4v) is 3.36. The minimum absolute atomic E-state index is 0.0224. The molecule has 1 saturated heterocycles. The fraction of sp³-hybridized carbons (Fsp3) is 0.462. The van der Waals surface area contributed by atoms with Crippen molar-refractivity contribution in [2.24, 2.45) is 0 Å². The number of hydrogen-bond donors (Lipinski definition) is 0. The lowest BCUT2D eigenvalue weighted by atomic mass is 10.1. The number of ketones is 1. The molecule has 1 aliphatic rings. The number of hydrogen-bond acceptors (Lipinski definition) is 4. The lowest BCUT2D eigenvalue weighted by Gasteiger charge is -2.29. The molecule has 0 saturated carbocycles. The second-order valence-electron chi connectivity index (χ2n) is 4.91. The molecule has 0 aliphatic carbocycles. The van der Waals surface area contributed by atoms with E-state index in [1.54, 1.807) is 4.90 Å². The smallest absolute Gasteiger partial charge is 0.153 e. The molecule has 0 unspecified atom stereocenters. The molecule has 20 heavy (non-hydrogen) atoms. The Bertz CT molecular complexity index is 606. The van der Waals surface area contributed by atoms with Crippen molar-refractivity contribution in [3.63, 3.8) is 0 Å². The van der Waals surface area contributed by atoms with E-state index in [-0.39, 0.29) is 42.4 Å². The van der Waals surface area contributed by atoms with Crippen molar-refractivity contribution in [3.05, 3.63) is 29.3 Å². The number of nitrogens with zero attached hydrogens (tertiary/aromatic N) is 1. The van der Waals surface area contributed by atoms with Gasteiger partial charge in [-0.25, -0.2) is 17.2 Å². The van der Waals surface area contributed by atoms with Crippen molar-refractivity contribution in [1.82, 2.24) is 0 Å². The number of carbonyl (C=O) groups is 1. The van der Waals surface area contributed by atoms with Gasteiger partial charge in [0.2, 0.25) is 0 Å². The van der Waals surface area contributed by atoms with Gasteiger partial charge in [-0.1, -0.05) is 0 Å². The van der Waals surface area contributed by atoms with E-state index in [0.717, 1.165) is 12.1 Å². The van der Waals surface area contributed by atoms with Gasteiger partial charge < -0.3 is 4.90 Å². The zero-order valence-corrected chi connectivity index (χ0v) is 11.8. The molecular formula is C13H15F2NO3S. The fourth-order valence-electron chi connectivity index (χ4n) is 2.16. The van der Waals surface area contributed by atoms with E-state index in [1.807, 2.05) is 0 Å². The molecule has 1 aromatic rings. The second kappa shape index (κ2) is 5.47. The molecule has 2 rings (SSSR count). The van der Waals surface area contributed by atoms with Crippen molar-refractivity contribution in [1.29, 1.82) is 0 Å². The van der Waals surface area contributed by atoms with Crippen LogP contribution in [-0.4, -0.2) is 38.8 Å². The first kappa shape index (κ1) is 14.9. The van der Waals surface area contributed by atoms with Gasteiger partial charge in [0, 0.05) is 30.8 Å². The van der Waals surface area contributed by atoms with Gasteiger partial charge >= 0.3 is 0 Å². The highest BCUT2D eigenvalue weighted by Crippen LogP contribution is 2.24. The summed E-state index contributed by atoms with van der Waals surface area (Å²) in [5.41, 5.74) is 0.0630. The number of rotatable bonds is 3. The van der Waals surface area contributed by atoms with Crippen LogP contribution in [0.25, 0.3) is 0 Å². The van der Waals surface area contributed by atoms with Crippen molar-refractivity contribution in [3.8, 4) is 0 Å². The van der Waals surface area contributed by atoms with Crippen LogP contribution in [0, 0.1) is 11.6 Å². The zero-order chi connectivity index (χ0) is 14.9. The minimum atomic E-state index is -3.04. The van der Waals surface area contributed by atoms with E-state index < -0.39 is 21.5 Å². The van der Waals surface area contributed by atoms with Gasteiger partial charge in [0.05, 0.1) is 11.5 Å². The number of anilines is 1. The first-order valence-electron chi connectivity index (χ1n) is 6.21. The van der Waals surface area contributed by atoms with Crippen LogP contribution in [0.3, 0.4) is 0 Å². The van der Waals surface area contributed by atoms with Gasteiger partial charge in [0.1, 0.15) is 17.4 Å². The second-order valence-corrected chi connectivity index (χ2v) is 7.21. The van der Waals surface area contributed by atoms with E-state index in [1.165, 1.54) is 6.92 Å². The monoisotopic (exact) mass is 303 g/mol. The SMILES string of the molecule is CC(=O)Cc1c(F)cc(N2CCS(=O)(=O)CC2)cc1F. The predicted molar refractivity (Wildman–Crippen MR) is 71.6 cm³/mol. The molecule has 110 valence electrons. The Morgan fingerprint density at radius 3 is 2.15 bits per heavy atom. The molecule has 0 atom stereocenters. The molecule has 1 fully saturated rings. The van der Waals surface area contributed by atoms with Gasteiger partial charge in [0.15, 0.2) is 9.84 Å². The van der Waals surface area contributed by atoms with Crippen LogP contribution in [0.5, 0.6) is 0 Å². The summed E-state index contributed by atoms with van der Waals surface area (Å²) in [4.78, 5) is 12.6. The third-order valence-corrected chi connectivity index (χ3v) is 4.87. The molecule has 7 heteroatoms. The van der Waals surface area contributed by atoms with E-state index in [9.17, 15) is 22.0 Å². The summed E-state index contributed by atoms with van der Waals surface area (Å²) in [6, 6.07) is 2.30. The molecule has 0 radical (unpaired) electrons. The van der Waals surface area contributed by atoms with Gasteiger partial charge in [-0.2, -0.15) is 0 Å². The van der Waals surface area contributed by atoms with Crippen molar-refractivity contribution in [2.45, 2.75) is 13.3 Å². The Balaban J connectivity index is 2.25. The summed E-state index contributed by atoms with van der Waals surface area (Å²) in [6.07, 6.45) is -0.285. The quantitative estimate of drug-likeness (QED) is 0.845. The topological polar surface area (TPSA) is 54.5 Å². The maximum Gasteiger partial charge on any atom is 0.153 e. The Kier molecular flexibility index (Phi) is 4.08. The molecule has 0 amide bonds. The van der Waals surface area contributed by atoms with Crippen LogP contribution in [0.4, 0.5) is 14.5 Å². The summed E-state index contributed by atoms with van der Waals surface area (Å²) in [5, 5.41) is 0. The maximum atomic E-state index is 13.8. The number of carbonyl (C=O) groups excluding carboxylic acids is 1. The Morgan fingerprint density at radius 1 is 1.20 bits per heavy atom. The Hall–Kier alpha value is -1.50. The minimum Gasteiger partial charge on any atom is -0.369 e. The first-order valence-corrected chi connectivity index (χ1v) is 8.03. The highest BCUT2D eigenvalue weighted by Gasteiger charge is 2.23. The third kappa shape index (κ3) is 3.33. The lowest BCUT2D eigenvalue weighted by Crippen LogP contribution is -2.40. The summed E-state index contributed by atoms with van der Waals surface area (Å²) in [5.74, 6) is -1.91. The van der Waals surface area contributed by atoms with Crippen LogP contribution in [0.1, 0.15) is 12.5 Å². The Labute approximate surface area is 116 Å². The highest BCUT2D eigenvalue weighted by molar-refractivity contribution is 7.91.